The van der Waals surface area contributed by atoms with Gasteiger partial charge in [0.1, 0.15) is 11.6 Å². The fourth-order valence-electron chi connectivity index (χ4n) is 2.13. The smallest absolute Gasteiger partial charge is 0.227 e. The first-order chi connectivity index (χ1) is 10.6. The van der Waals surface area contributed by atoms with Gasteiger partial charge in [-0.15, -0.1) is 0 Å². The van der Waals surface area contributed by atoms with Crippen molar-refractivity contribution in [3.05, 3.63) is 65.5 Å². The minimum Gasteiger partial charge on any atom is -0.494 e. The van der Waals surface area contributed by atoms with Gasteiger partial charge in [0.05, 0.1) is 13.0 Å². The molecule has 0 unspecified atom stereocenters. The van der Waals surface area contributed by atoms with Gasteiger partial charge in [-0.25, -0.2) is 4.39 Å². The molecule has 22 heavy (non-hydrogen) atoms. The average Bonchev–Trinajstić information content (AvgIpc) is 2.51. The van der Waals surface area contributed by atoms with Gasteiger partial charge in [0.2, 0.25) is 5.91 Å². The van der Waals surface area contributed by atoms with E-state index in [0.717, 1.165) is 16.9 Å². The van der Waals surface area contributed by atoms with E-state index in [1.807, 2.05) is 31.2 Å². The van der Waals surface area contributed by atoms with Gasteiger partial charge in [0, 0.05) is 13.6 Å². The molecule has 116 valence electrons. The maximum absolute atomic E-state index is 12.9. The predicted octanol–water partition coefficient (Wildman–Crippen LogP) is 3.43. The van der Waals surface area contributed by atoms with Crippen molar-refractivity contribution in [3.63, 3.8) is 0 Å². The van der Waals surface area contributed by atoms with Gasteiger partial charge in [-0.2, -0.15) is 0 Å². The molecule has 0 aliphatic carbocycles. The molecule has 1 amide bonds. The number of amides is 1. The summed E-state index contributed by atoms with van der Waals surface area (Å²) in [7, 11) is 1.77. The minimum atomic E-state index is -0.293. The molecule has 0 saturated heterocycles. The van der Waals surface area contributed by atoms with Gasteiger partial charge in [0.15, 0.2) is 0 Å². The van der Waals surface area contributed by atoms with Crippen LogP contribution in [-0.2, 0) is 17.8 Å². The van der Waals surface area contributed by atoms with E-state index in [9.17, 15) is 9.18 Å². The van der Waals surface area contributed by atoms with E-state index < -0.39 is 0 Å². The number of nitrogens with zero attached hydrogens (tertiary/aromatic N) is 1. The number of hydrogen-bond donors (Lipinski definition) is 0. The van der Waals surface area contributed by atoms with Crippen molar-refractivity contribution in [1.29, 1.82) is 0 Å². The van der Waals surface area contributed by atoms with Gasteiger partial charge in [-0.05, 0) is 42.3 Å². The molecule has 0 fully saturated rings. The zero-order valence-corrected chi connectivity index (χ0v) is 12.9. The third-order valence-corrected chi connectivity index (χ3v) is 3.35. The van der Waals surface area contributed by atoms with Gasteiger partial charge >= 0.3 is 0 Å². The van der Waals surface area contributed by atoms with E-state index in [4.69, 9.17) is 4.74 Å². The summed E-state index contributed by atoms with van der Waals surface area (Å²) in [6.45, 7) is 3.11. The molecular weight excluding hydrogens is 281 g/mol. The van der Waals surface area contributed by atoms with Crippen LogP contribution < -0.4 is 4.74 Å². The Hall–Kier alpha value is -2.36. The number of hydrogen-bond acceptors (Lipinski definition) is 2. The molecule has 0 spiro atoms. The molecule has 2 aromatic carbocycles. The molecule has 0 atom stereocenters. The summed E-state index contributed by atoms with van der Waals surface area (Å²) in [6.07, 6.45) is 0.272. The van der Waals surface area contributed by atoms with E-state index in [-0.39, 0.29) is 18.1 Å². The normalized spacial score (nSPS) is 10.3. The van der Waals surface area contributed by atoms with Crippen LogP contribution in [0.5, 0.6) is 5.75 Å². The summed E-state index contributed by atoms with van der Waals surface area (Å²) < 4.78 is 18.2. The number of likely N-dealkylation sites (N-methyl/N-ethyl adjacent to an activating group) is 1. The highest BCUT2D eigenvalue weighted by molar-refractivity contribution is 5.78. The number of carbonyl (C=O) groups excluding carboxylic acids is 1. The Morgan fingerprint density at radius 2 is 1.64 bits per heavy atom. The van der Waals surface area contributed by atoms with Crippen LogP contribution in [0, 0.1) is 5.82 Å². The van der Waals surface area contributed by atoms with Crippen molar-refractivity contribution in [2.45, 2.75) is 19.9 Å². The molecule has 0 aromatic heterocycles. The van der Waals surface area contributed by atoms with Gasteiger partial charge < -0.3 is 9.64 Å². The molecule has 2 aromatic rings. The van der Waals surface area contributed by atoms with E-state index >= 15 is 0 Å². The highest BCUT2D eigenvalue weighted by Crippen LogP contribution is 2.14. The zero-order chi connectivity index (χ0) is 15.9. The van der Waals surface area contributed by atoms with Crippen molar-refractivity contribution >= 4 is 5.91 Å². The summed E-state index contributed by atoms with van der Waals surface area (Å²) in [6, 6.07) is 13.7. The molecule has 0 radical (unpaired) electrons. The minimum absolute atomic E-state index is 0.000456. The van der Waals surface area contributed by atoms with Gasteiger partial charge in [0.25, 0.3) is 0 Å². The second-order valence-corrected chi connectivity index (χ2v) is 5.13. The molecular formula is C18H20FNO2. The van der Waals surface area contributed by atoms with Crippen molar-refractivity contribution in [3.8, 4) is 5.75 Å². The lowest BCUT2D eigenvalue weighted by Crippen LogP contribution is -2.27. The fourth-order valence-corrected chi connectivity index (χ4v) is 2.13. The van der Waals surface area contributed by atoms with Crippen LogP contribution in [0.25, 0.3) is 0 Å². The number of carbonyl (C=O) groups is 1. The lowest BCUT2D eigenvalue weighted by atomic mass is 10.1. The number of ether oxygens (including phenoxy) is 1. The van der Waals surface area contributed by atoms with E-state index in [1.54, 1.807) is 24.1 Å². The van der Waals surface area contributed by atoms with Crippen LogP contribution >= 0.6 is 0 Å². The Balaban J connectivity index is 1.91. The number of rotatable bonds is 6. The number of halogens is 1. The van der Waals surface area contributed by atoms with Crippen LogP contribution in [0.15, 0.2) is 48.5 Å². The van der Waals surface area contributed by atoms with Crippen LogP contribution in [0.2, 0.25) is 0 Å². The van der Waals surface area contributed by atoms with Crippen LogP contribution in [0.1, 0.15) is 18.1 Å². The molecule has 0 aliphatic rings. The standard InChI is InChI=1S/C18H20FNO2/c1-3-22-17-10-6-15(7-11-17)13-20(2)18(21)12-14-4-8-16(19)9-5-14/h4-11H,3,12-13H2,1-2H3. The lowest BCUT2D eigenvalue weighted by molar-refractivity contribution is -0.129. The Kier molecular flexibility index (Phi) is 5.53. The van der Waals surface area contributed by atoms with Crippen molar-refractivity contribution in [2.24, 2.45) is 0 Å². The zero-order valence-electron chi connectivity index (χ0n) is 12.9. The first-order valence-electron chi connectivity index (χ1n) is 7.28. The Morgan fingerprint density at radius 1 is 1.05 bits per heavy atom. The van der Waals surface area contributed by atoms with Crippen LogP contribution in [0.3, 0.4) is 0 Å². The molecule has 0 N–H and O–H groups in total. The molecule has 0 heterocycles. The third-order valence-electron chi connectivity index (χ3n) is 3.35. The maximum Gasteiger partial charge on any atom is 0.227 e. The SMILES string of the molecule is CCOc1ccc(CN(C)C(=O)Cc2ccc(F)cc2)cc1. The monoisotopic (exact) mass is 301 g/mol. The second kappa shape index (κ2) is 7.59. The lowest BCUT2D eigenvalue weighted by Gasteiger charge is -2.17. The molecule has 0 aliphatic heterocycles. The quantitative estimate of drug-likeness (QED) is 0.818. The first-order valence-corrected chi connectivity index (χ1v) is 7.28. The van der Waals surface area contributed by atoms with E-state index in [1.165, 1.54) is 12.1 Å². The van der Waals surface area contributed by atoms with Crippen molar-refractivity contribution in [2.75, 3.05) is 13.7 Å². The second-order valence-electron chi connectivity index (χ2n) is 5.13. The summed E-state index contributed by atoms with van der Waals surface area (Å²) in [5, 5.41) is 0. The predicted molar refractivity (Wildman–Crippen MR) is 84.2 cm³/mol. The Labute approximate surface area is 130 Å². The maximum atomic E-state index is 12.9. The summed E-state index contributed by atoms with van der Waals surface area (Å²) in [5.74, 6) is 0.533. The molecule has 3 nitrogen and oxygen atoms in total. The Bertz CT molecular complexity index is 608. The summed E-state index contributed by atoms with van der Waals surface area (Å²) in [4.78, 5) is 13.8. The average molecular weight is 301 g/mol. The third kappa shape index (κ3) is 4.58. The largest absolute Gasteiger partial charge is 0.494 e. The number of benzene rings is 2. The molecule has 0 bridgehead atoms. The van der Waals surface area contributed by atoms with Gasteiger partial charge in [-0.3, -0.25) is 4.79 Å². The Morgan fingerprint density at radius 3 is 2.23 bits per heavy atom. The van der Waals surface area contributed by atoms with Crippen molar-refractivity contribution in [1.82, 2.24) is 4.90 Å². The molecule has 4 heteroatoms. The summed E-state index contributed by atoms with van der Waals surface area (Å²) in [5.41, 5.74) is 1.85. The topological polar surface area (TPSA) is 29.5 Å². The van der Waals surface area contributed by atoms with Gasteiger partial charge in [-0.1, -0.05) is 24.3 Å². The molecule has 2 rings (SSSR count). The fraction of sp³-hybridized carbons (Fsp3) is 0.278. The van der Waals surface area contributed by atoms with Crippen LogP contribution in [0.4, 0.5) is 4.39 Å². The highest BCUT2D eigenvalue weighted by atomic mass is 19.1. The van der Waals surface area contributed by atoms with Crippen LogP contribution in [-0.4, -0.2) is 24.5 Å². The first kappa shape index (κ1) is 16.0. The van der Waals surface area contributed by atoms with E-state index in [2.05, 4.69) is 0 Å². The van der Waals surface area contributed by atoms with E-state index in [0.29, 0.717) is 13.2 Å². The van der Waals surface area contributed by atoms with Crippen molar-refractivity contribution < 1.29 is 13.9 Å². The summed E-state index contributed by atoms with van der Waals surface area (Å²) >= 11 is 0. The highest BCUT2D eigenvalue weighted by Gasteiger charge is 2.10. The molecule has 0 saturated carbocycles.